The summed E-state index contributed by atoms with van der Waals surface area (Å²) in [6, 6.07) is 7.80. The van der Waals surface area contributed by atoms with Gasteiger partial charge in [-0.3, -0.25) is 0 Å². The Hall–Kier alpha value is -0.780. The van der Waals surface area contributed by atoms with E-state index in [0.29, 0.717) is 5.92 Å². The normalized spacial score (nSPS) is 22.7. The lowest BCUT2D eigenvalue weighted by Gasteiger charge is -2.29. The first kappa shape index (κ1) is 17.6. The smallest absolute Gasteiger partial charge is 0.214 e. The second kappa shape index (κ2) is 7.66. The second-order valence-corrected chi connectivity index (χ2v) is 9.02. The maximum Gasteiger partial charge on any atom is 0.214 e. The summed E-state index contributed by atoms with van der Waals surface area (Å²) in [5.41, 5.74) is 1.08. The first-order chi connectivity index (χ1) is 10.4. The number of hydrogen-bond acceptors (Lipinski definition) is 3. The van der Waals surface area contributed by atoms with Crippen molar-refractivity contribution in [3.8, 4) is 0 Å². The van der Waals surface area contributed by atoms with Crippen molar-refractivity contribution >= 4 is 27.3 Å². The maximum absolute atomic E-state index is 11.9. The molecule has 6 heteroatoms. The summed E-state index contributed by atoms with van der Waals surface area (Å²) < 4.78 is 26.6. The minimum atomic E-state index is -3.15. The van der Waals surface area contributed by atoms with Crippen LogP contribution >= 0.6 is 11.6 Å². The molecule has 22 heavy (non-hydrogen) atoms. The number of hydrogen-bond donors (Lipinski definition) is 2. The number of anilines is 1. The van der Waals surface area contributed by atoms with Gasteiger partial charge in [-0.05, 0) is 69.7 Å². The molecule has 1 aliphatic rings. The van der Waals surface area contributed by atoms with Gasteiger partial charge in [-0.25, -0.2) is 13.1 Å². The Balaban J connectivity index is 1.74. The molecule has 0 amide bonds. The van der Waals surface area contributed by atoms with Crippen molar-refractivity contribution in [2.45, 2.75) is 50.8 Å². The lowest BCUT2D eigenvalue weighted by molar-refractivity contribution is 0.323. The highest BCUT2D eigenvalue weighted by molar-refractivity contribution is 7.90. The SMILES string of the molecule is CC(C)S(=O)(=O)NC1CCC(CNc2ccc(Cl)cc2)CC1. The number of halogens is 1. The molecule has 2 N–H and O–H groups in total. The van der Waals surface area contributed by atoms with E-state index in [4.69, 9.17) is 11.6 Å². The molecule has 1 aliphatic carbocycles. The van der Waals surface area contributed by atoms with E-state index < -0.39 is 10.0 Å². The third-order valence-corrected chi connectivity index (χ3v) is 6.39. The van der Waals surface area contributed by atoms with Gasteiger partial charge in [0.1, 0.15) is 0 Å². The van der Waals surface area contributed by atoms with Gasteiger partial charge in [0.2, 0.25) is 10.0 Å². The van der Waals surface area contributed by atoms with Crippen LogP contribution in [0.5, 0.6) is 0 Å². The Morgan fingerprint density at radius 2 is 1.73 bits per heavy atom. The Labute approximate surface area is 138 Å². The van der Waals surface area contributed by atoms with Crippen LogP contribution in [-0.2, 0) is 10.0 Å². The Morgan fingerprint density at radius 1 is 1.14 bits per heavy atom. The van der Waals surface area contributed by atoms with Gasteiger partial charge >= 0.3 is 0 Å². The van der Waals surface area contributed by atoms with Gasteiger partial charge in [0, 0.05) is 23.3 Å². The molecule has 0 radical (unpaired) electrons. The fraction of sp³-hybridized carbons (Fsp3) is 0.625. The highest BCUT2D eigenvalue weighted by atomic mass is 35.5. The van der Waals surface area contributed by atoms with Crippen molar-refractivity contribution in [2.24, 2.45) is 5.92 Å². The molecule has 1 aromatic carbocycles. The zero-order chi connectivity index (χ0) is 16.2. The Kier molecular flexibility index (Phi) is 6.12. The zero-order valence-corrected chi connectivity index (χ0v) is 14.8. The topological polar surface area (TPSA) is 58.2 Å². The molecule has 0 aromatic heterocycles. The number of benzene rings is 1. The summed E-state index contributed by atoms with van der Waals surface area (Å²) >= 11 is 5.87. The van der Waals surface area contributed by atoms with Crippen LogP contribution in [0.2, 0.25) is 5.02 Å². The van der Waals surface area contributed by atoms with Gasteiger partial charge in [0.15, 0.2) is 0 Å². The average Bonchev–Trinajstić information content (AvgIpc) is 2.48. The predicted molar refractivity (Wildman–Crippen MR) is 92.9 cm³/mol. The fourth-order valence-corrected chi connectivity index (χ4v) is 3.78. The second-order valence-electron chi connectivity index (χ2n) is 6.32. The van der Waals surface area contributed by atoms with E-state index in [0.717, 1.165) is 42.9 Å². The minimum absolute atomic E-state index is 0.0965. The molecule has 0 unspecified atom stereocenters. The van der Waals surface area contributed by atoms with E-state index in [1.165, 1.54) is 0 Å². The third-order valence-electron chi connectivity index (χ3n) is 4.24. The molecule has 0 atom stereocenters. The molecule has 0 saturated heterocycles. The monoisotopic (exact) mass is 344 g/mol. The summed E-state index contributed by atoms with van der Waals surface area (Å²) in [6.07, 6.45) is 3.93. The molecular weight excluding hydrogens is 320 g/mol. The van der Waals surface area contributed by atoms with Crippen LogP contribution in [0.15, 0.2) is 24.3 Å². The Morgan fingerprint density at radius 3 is 2.27 bits per heavy atom. The largest absolute Gasteiger partial charge is 0.385 e. The highest BCUT2D eigenvalue weighted by Crippen LogP contribution is 2.25. The first-order valence-electron chi connectivity index (χ1n) is 7.87. The summed E-state index contributed by atoms with van der Waals surface area (Å²) in [7, 11) is -3.15. The molecule has 0 spiro atoms. The molecule has 2 rings (SSSR count). The van der Waals surface area contributed by atoms with Crippen molar-refractivity contribution < 1.29 is 8.42 Å². The van der Waals surface area contributed by atoms with E-state index >= 15 is 0 Å². The summed E-state index contributed by atoms with van der Waals surface area (Å²) in [5.74, 6) is 0.593. The maximum atomic E-state index is 11.9. The van der Waals surface area contributed by atoms with Gasteiger partial charge in [-0.15, -0.1) is 0 Å². The molecule has 1 fully saturated rings. The zero-order valence-electron chi connectivity index (χ0n) is 13.2. The van der Waals surface area contributed by atoms with Crippen molar-refractivity contribution in [1.82, 2.24) is 4.72 Å². The number of sulfonamides is 1. The molecule has 4 nitrogen and oxygen atoms in total. The van der Waals surface area contributed by atoms with Gasteiger partial charge in [0.25, 0.3) is 0 Å². The average molecular weight is 345 g/mol. The lowest BCUT2D eigenvalue weighted by Crippen LogP contribution is -2.41. The van der Waals surface area contributed by atoms with Crippen LogP contribution in [0.1, 0.15) is 39.5 Å². The van der Waals surface area contributed by atoms with Gasteiger partial charge in [0.05, 0.1) is 5.25 Å². The van der Waals surface area contributed by atoms with E-state index in [9.17, 15) is 8.42 Å². The lowest BCUT2D eigenvalue weighted by atomic mass is 9.86. The predicted octanol–water partition coefficient (Wildman–Crippen LogP) is 3.64. The minimum Gasteiger partial charge on any atom is -0.385 e. The van der Waals surface area contributed by atoms with Crippen molar-refractivity contribution in [1.29, 1.82) is 0 Å². The molecule has 0 bridgehead atoms. The summed E-state index contributed by atoms with van der Waals surface area (Å²) in [6.45, 7) is 4.35. The quantitative estimate of drug-likeness (QED) is 0.828. The van der Waals surface area contributed by atoms with Gasteiger partial charge < -0.3 is 5.32 Å². The van der Waals surface area contributed by atoms with Crippen LogP contribution in [0.4, 0.5) is 5.69 Å². The van der Waals surface area contributed by atoms with Crippen LogP contribution < -0.4 is 10.0 Å². The number of nitrogens with one attached hydrogen (secondary N) is 2. The Bertz CT molecular complexity index is 564. The van der Waals surface area contributed by atoms with Crippen LogP contribution in [0, 0.1) is 5.92 Å². The molecule has 0 aliphatic heterocycles. The summed E-state index contributed by atoms with van der Waals surface area (Å²) in [4.78, 5) is 0. The molecule has 1 saturated carbocycles. The molecule has 1 aromatic rings. The standard InChI is InChI=1S/C16H25ClN2O2S/c1-12(2)22(20,21)19-16-7-3-13(4-8-16)11-18-15-9-5-14(17)6-10-15/h5-6,9-10,12-13,16,18-19H,3-4,7-8,11H2,1-2H3. The van der Waals surface area contributed by atoms with Crippen molar-refractivity contribution in [3.63, 3.8) is 0 Å². The van der Waals surface area contributed by atoms with Crippen LogP contribution in [0.25, 0.3) is 0 Å². The first-order valence-corrected chi connectivity index (χ1v) is 9.80. The fourth-order valence-electron chi connectivity index (χ4n) is 2.68. The molecular formula is C16H25ClN2O2S. The van der Waals surface area contributed by atoms with E-state index in [2.05, 4.69) is 10.0 Å². The molecule has 124 valence electrons. The van der Waals surface area contributed by atoms with Crippen LogP contribution in [0.3, 0.4) is 0 Å². The number of rotatable bonds is 6. The van der Waals surface area contributed by atoms with E-state index in [1.54, 1.807) is 13.8 Å². The van der Waals surface area contributed by atoms with Crippen molar-refractivity contribution in [2.75, 3.05) is 11.9 Å². The highest BCUT2D eigenvalue weighted by Gasteiger charge is 2.26. The third kappa shape index (κ3) is 5.14. The van der Waals surface area contributed by atoms with E-state index in [1.807, 2.05) is 24.3 Å². The van der Waals surface area contributed by atoms with E-state index in [-0.39, 0.29) is 11.3 Å². The summed E-state index contributed by atoms with van der Waals surface area (Å²) in [5, 5.41) is 3.80. The van der Waals surface area contributed by atoms with Gasteiger partial charge in [-0.2, -0.15) is 0 Å². The van der Waals surface area contributed by atoms with Crippen LogP contribution in [-0.4, -0.2) is 26.3 Å². The van der Waals surface area contributed by atoms with Crippen molar-refractivity contribution in [3.05, 3.63) is 29.3 Å². The van der Waals surface area contributed by atoms with Gasteiger partial charge in [-0.1, -0.05) is 11.6 Å². The molecule has 0 heterocycles.